The van der Waals surface area contributed by atoms with Crippen LogP contribution in [0.3, 0.4) is 0 Å². The highest BCUT2D eigenvalue weighted by atomic mass is 16.5. The summed E-state index contributed by atoms with van der Waals surface area (Å²) >= 11 is 0. The fourth-order valence-corrected chi connectivity index (χ4v) is 4.55. The third kappa shape index (κ3) is 4.84. The van der Waals surface area contributed by atoms with Crippen molar-refractivity contribution in [3.63, 3.8) is 0 Å². The Hall–Kier alpha value is -4.61. The van der Waals surface area contributed by atoms with Crippen LogP contribution in [0.4, 0.5) is 0 Å². The minimum Gasteiger partial charge on any atom is -0.375 e. The van der Waals surface area contributed by atoms with Gasteiger partial charge in [0.1, 0.15) is 5.41 Å². The van der Waals surface area contributed by atoms with E-state index in [1.807, 2.05) is 49.4 Å². The van der Waals surface area contributed by atoms with Crippen LogP contribution in [0.1, 0.15) is 44.5 Å². The van der Waals surface area contributed by atoms with E-state index in [1.165, 1.54) is 0 Å². The van der Waals surface area contributed by atoms with Gasteiger partial charge in [0.05, 0.1) is 42.7 Å². The number of carbonyl (C=O) groups is 2. The number of carbonyl (C=O) groups excluding carboxylic acids is 2. The van der Waals surface area contributed by atoms with Crippen LogP contribution < -0.4 is 5.32 Å². The Bertz CT molecular complexity index is 1610. The summed E-state index contributed by atoms with van der Waals surface area (Å²) < 4.78 is 5.55. The van der Waals surface area contributed by atoms with Gasteiger partial charge in [-0.3, -0.25) is 14.6 Å². The second-order valence-corrected chi connectivity index (χ2v) is 9.84. The average molecular weight is 506 g/mol. The Morgan fingerprint density at radius 3 is 2.74 bits per heavy atom. The molecule has 0 saturated heterocycles. The van der Waals surface area contributed by atoms with Crippen molar-refractivity contribution in [3.8, 4) is 17.3 Å². The monoisotopic (exact) mass is 505 g/mol. The van der Waals surface area contributed by atoms with E-state index in [1.54, 1.807) is 43.4 Å². The maximum absolute atomic E-state index is 12.9. The molecule has 0 unspecified atom stereocenters. The Balaban J connectivity index is 1.35. The van der Waals surface area contributed by atoms with Gasteiger partial charge in [-0.05, 0) is 60.5 Å². The fraction of sp³-hybridized carbons (Fsp3) is 0.233. The highest BCUT2D eigenvalue weighted by molar-refractivity contribution is 5.95. The topological polar surface area (TPSA) is 108 Å². The molecule has 2 amide bonds. The van der Waals surface area contributed by atoms with Crippen molar-refractivity contribution in [3.05, 3.63) is 94.8 Å². The van der Waals surface area contributed by atoms with Crippen molar-refractivity contribution >= 4 is 22.7 Å². The highest BCUT2D eigenvalue weighted by Gasteiger charge is 2.33. The van der Waals surface area contributed by atoms with Gasteiger partial charge in [0, 0.05) is 42.4 Å². The molecule has 38 heavy (non-hydrogen) atoms. The van der Waals surface area contributed by atoms with E-state index in [0.29, 0.717) is 30.0 Å². The number of benzene rings is 2. The Morgan fingerprint density at radius 1 is 1.11 bits per heavy atom. The zero-order chi connectivity index (χ0) is 26.9. The number of amides is 2. The predicted molar refractivity (Wildman–Crippen MR) is 143 cm³/mol. The molecule has 5 rings (SSSR count). The smallest absolute Gasteiger partial charge is 0.253 e. The number of ether oxygens (including phenoxy) is 1. The summed E-state index contributed by atoms with van der Waals surface area (Å²) in [5.41, 5.74) is 5.04. The molecule has 8 nitrogen and oxygen atoms in total. The lowest BCUT2D eigenvalue weighted by Gasteiger charge is -2.30. The van der Waals surface area contributed by atoms with E-state index in [0.717, 1.165) is 33.3 Å². The van der Waals surface area contributed by atoms with Crippen LogP contribution in [0.2, 0.25) is 0 Å². The minimum absolute atomic E-state index is 0.0700. The second-order valence-electron chi connectivity index (χ2n) is 9.84. The number of nitriles is 1. The van der Waals surface area contributed by atoms with Crippen molar-refractivity contribution in [2.24, 2.45) is 0 Å². The second kappa shape index (κ2) is 10.0. The van der Waals surface area contributed by atoms with E-state index in [2.05, 4.69) is 16.4 Å². The number of fused-ring (bicyclic) bond motifs is 2. The first kappa shape index (κ1) is 25.1. The van der Waals surface area contributed by atoms with Crippen LogP contribution in [0.25, 0.3) is 22.2 Å². The zero-order valence-corrected chi connectivity index (χ0v) is 21.5. The molecule has 8 heteroatoms. The molecule has 0 saturated carbocycles. The van der Waals surface area contributed by atoms with Gasteiger partial charge in [-0.25, -0.2) is 4.98 Å². The van der Waals surface area contributed by atoms with Crippen LogP contribution in [0.5, 0.6) is 0 Å². The number of hydrogen-bond donors (Lipinski definition) is 1. The summed E-state index contributed by atoms with van der Waals surface area (Å²) in [6.07, 6.45) is 1.73. The molecule has 2 aromatic heterocycles. The molecule has 4 aromatic rings. The maximum Gasteiger partial charge on any atom is 0.253 e. The minimum atomic E-state index is -0.785. The number of nitrogens with zero attached hydrogens (tertiary/aromatic N) is 4. The third-order valence-electron chi connectivity index (χ3n) is 6.73. The average Bonchev–Trinajstić information content (AvgIpc) is 2.95. The van der Waals surface area contributed by atoms with Gasteiger partial charge in [-0.1, -0.05) is 18.2 Å². The molecule has 0 radical (unpaired) electrons. The lowest BCUT2D eigenvalue weighted by atomic mass is 9.79. The molecule has 1 N–H and O–H groups in total. The number of aromatic nitrogens is 2. The van der Waals surface area contributed by atoms with Crippen molar-refractivity contribution in [2.75, 3.05) is 20.7 Å². The molecule has 0 bridgehead atoms. The van der Waals surface area contributed by atoms with Crippen LogP contribution in [0, 0.1) is 11.3 Å². The summed E-state index contributed by atoms with van der Waals surface area (Å²) in [5, 5.41) is 13.5. The van der Waals surface area contributed by atoms with E-state index in [-0.39, 0.29) is 18.4 Å². The van der Waals surface area contributed by atoms with Crippen molar-refractivity contribution in [2.45, 2.75) is 25.5 Å². The zero-order valence-electron chi connectivity index (χ0n) is 21.5. The predicted octanol–water partition coefficient (Wildman–Crippen LogP) is 4.24. The quantitative estimate of drug-likeness (QED) is 0.435. The van der Waals surface area contributed by atoms with Gasteiger partial charge in [0.2, 0.25) is 0 Å². The van der Waals surface area contributed by atoms with Gasteiger partial charge in [0.15, 0.2) is 0 Å². The van der Waals surface area contributed by atoms with E-state index < -0.39 is 5.41 Å². The summed E-state index contributed by atoms with van der Waals surface area (Å²) in [7, 11) is 3.45. The number of pyridine rings is 2. The van der Waals surface area contributed by atoms with Crippen LogP contribution >= 0.6 is 0 Å². The van der Waals surface area contributed by atoms with Crippen molar-refractivity contribution in [1.82, 2.24) is 20.2 Å². The maximum atomic E-state index is 12.9. The SMILES string of the molecule is CN(C)C(=O)c1cccc(-c2ccc3cnc(CNC(=O)c4ccc5c(c4)[C@](C)(C#N)COC5)cc3n2)c1. The first-order valence-electron chi connectivity index (χ1n) is 12.3. The Labute approximate surface area is 220 Å². The van der Waals surface area contributed by atoms with Gasteiger partial charge in [-0.15, -0.1) is 0 Å². The molecule has 190 valence electrons. The molecule has 1 atom stereocenters. The van der Waals surface area contributed by atoms with Gasteiger partial charge < -0.3 is 15.0 Å². The Morgan fingerprint density at radius 2 is 1.95 bits per heavy atom. The van der Waals surface area contributed by atoms with Gasteiger partial charge >= 0.3 is 0 Å². The highest BCUT2D eigenvalue weighted by Crippen LogP contribution is 2.32. The third-order valence-corrected chi connectivity index (χ3v) is 6.73. The molecular weight excluding hydrogens is 478 g/mol. The normalized spacial score (nSPS) is 16.4. The summed E-state index contributed by atoms with van der Waals surface area (Å²) in [6, 6.07) is 20.8. The van der Waals surface area contributed by atoms with Crippen LogP contribution in [-0.2, 0) is 23.3 Å². The van der Waals surface area contributed by atoms with Crippen molar-refractivity contribution < 1.29 is 14.3 Å². The van der Waals surface area contributed by atoms with Crippen LogP contribution in [-0.4, -0.2) is 47.4 Å². The summed E-state index contributed by atoms with van der Waals surface area (Å²) in [6.45, 7) is 2.78. The van der Waals surface area contributed by atoms with Gasteiger partial charge in [0.25, 0.3) is 11.8 Å². The van der Waals surface area contributed by atoms with E-state index in [4.69, 9.17) is 9.72 Å². The van der Waals surface area contributed by atoms with E-state index >= 15 is 0 Å². The molecule has 1 aliphatic heterocycles. The molecule has 2 aromatic carbocycles. The van der Waals surface area contributed by atoms with E-state index in [9.17, 15) is 14.9 Å². The lowest BCUT2D eigenvalue weighted by molar-refractivity contribution is 0.0757. The first-order chi connectivity index (χ1) is 18.3. The number of rotatable bonds is 5. The molecule has 0 aliphatic carbocycles. The molecule has 1 aliphatic rings. The largest absolute Gasteiger partial charge is 0.375 e. The number of hydrogen-bond acceptors (Lipinski definition) is 6. The standard InChI is InChI=1S/C30H27N5O3/c1-30(17-31)18-38-16-23-8-7-20(12-25(23)30)28(36)33-15-24-13-27-22(14-32-24)9-10-26(34-27)19-5-4-6-21(11-19)29(37)35(2)3/h4-14H,15-16,18H2,1-3H3,(H,33,36)/t30-/m1/s1. The fourth-order valence-electron chi connectivity index (χ4n) is 4.55. The lowest BCUT2D eigenvalue weighted by Crippen LogP contribution is -2.33. The van der Waals surface area contributed by atoms with Crippen LogP contribution in [0.15, 0.2) is 66.9 Å². The molecule has 0 spiro atoms. The molecule has 0 fully saturated rings. The molecule has 3 heterocycles. The summed E-state index contributed by atoms with van der Waals surface area (Å²) in [4.78, 5) is 36.1. The molecular formula is C30H27N5O3. The Kier molecular flexibility index (Phi) is 6.62. The van der Waals surface area contributed by atoms with Gasteiger partial charge in [-0.2, -0.15) is 5.26 Å². The first-order valence-corrected chi connectivity index (χ1v) is 12.3. The van der Waals surface area contributed by atoms with Crippen molar-refractivity contribution in [1.29, 1.82) is 5.26 Å². The summed E-state index contributed by atoms with van der Waals surface area (Å²) in [5.74, 6) is -0.315. The number of nitrogens with one attached hydrogen (secondary N) is 1.